The molecule has 3 nitrogen and oxygen atoms in total. The molecule has 0 heterocycles. The van der Waals surface area contributed by atoms with Gasteiger partial charge in [-0.05, 0) is 26.3 Å². The van der Waals surface area contributed by atoms with Crippen LogP contribution in [-0.2, 0) is 11.3 Å². The monoisotopic (exact) mass is 260 g/mol. The van der Waals surface area contributed by atoms with Crippen LogP contribution < -0.4 is 5.32 Å². The van der Waals surface area contributed by atoms with Crippen molar-refractivity contribution in [3.63, 3.8) is 0 Å². The Morgan fingerprint density at radius 3 is 2.47 bits per heavy atom. The van der Waals surface area contributed by atoms with Crippen molar-refractivity contribution < 1.29 is 4.79 Å². The molecule has 1 amide bonds. The van der Waals surface area contributed by atoms with Crippen molar-refractivity contribution in [1.82, 2.24) is 10.2 Å². The van der Waals surface area contributed by atoms with Gasteiger partial charge in [-0.15, -0.1) is 6.58 Å². The van der Waals surface area contributed by atoms with Gasteiger partial charge in [0.25, 0.3) is 0 Å². The second-order valence-electron chi connectivity index (χ2n) is 5.74. The Morgan fingerprint density at radius 2 is 1.95 bits per heavy atom. The summed E-state index contributed by atoms with van der Waals surface area (Å²) in [5.74, 6) is 0.0466. The molecule has 1 aromatic rings. The van der Waals surface area contributed by atoms with E-state index in [0.29, 0.717) is 13.1 Å². The molecule has 0 aliphatic heterocycles. The minimum Gasteiger partial charge on any atom is -0.350 e. The highest BCUT2D eigenvalue weighted by Gasteiger charge is 2.16. The van der Waals surface area contributed by atoms with Crippen molar-refractivity contribution in [3.05, 3.63) is 48.6 Å². The van der Waals surface area contributed by atoms with Crippen molar-refractivity contribution in [2.45, 2.75) is 32.9 Å². The maximum Gasteiger partial charge on any atom is 0.234 e. The van der Waals surface area contributed by atoms with Crippen molar-refractivity contribution in [2.75, 3.05) is 13.1 Å². The number of nitrogens with one attached hydrogen (secondary N) is 1. The largest absolute Gasteiger partial charge is 0.350 e. The second-order valence-corrected chi connectivity index (χ2v) is 5.74. The topological polar surface area (TPSA) is 32.3 Å². The average molecular weight is 260 g/mol. The van der Waals surface area contributed by atoms with Gasteiger partial charge in [0.2, 0.25) is 5.91 Å². The first-order valence-electron chi connectivity index (χ1n) is 6.59. The number of rotatable bonds is 6. The first-order valence-corrected chi connectivity index (χ1v) is 6.59. The summed E-state index contributed by atoms with van der Waals surface area (Å²) in [6, 6.07) is 10.1. The molecular weight excluding hydrogens is 236 g/mol. The standard InChI is InChI=1S/C16H24N2O/c1-5-11-18(12-14-9-7-6-8-10-14)13-15(19)17-16(2,3)4/h5-10H,1,11-13H2,2-4H3,(H,17,19). The van der Waals surface area contributed by atoms with Gasteiger partial charge in [0.15, 0.2) is 0 Å². The Hall–Kier alpha value is -1.61. The number of nitrogens with zero attached hydrogens (tertiary/aromatic N) is 1. The zero-order chi connectivity index (χ0) is 14.3. The summed E-state index contributed by atoms with van der Waals surface area (Å²) in [6.45, 7) is 11.6. The summed E-state index contributed by atoms with van der Waals surface area (Å²) in [5.41, 5.74) is 1.01. The fourth-order valence-corrected chi connectivity index (χ4v) is 1.87. The van der Waals surface area contributed by atoms with Gasteiger partial charge < -0.3 is 5.32 Å². The third-order valence-corrected chi connectivity index (χ3v) is 2.52. The maximum atomic E-state index is 11.9. The van der Waals surface area contributed by atoms with E-state index in [1.54, 1.807) is 0 Å². The van der Waals surface area contributed by atoms with Crippen LogP contribution in [0.3, 0.4) is 0 Å². The van der Waals surface area contributed by atoms with Crippen LogP contribution in [0.15, 0.2) is 43.0 Å². The van der Waals surface area contributed by atoms with Gasteiger partial charge in [0, 0.05) is 18.6 Å². The average Bonchev–Trinajstić information content (AvgIpc) is 2.27. The number of hydrogen-bond donors (Lipinski definition) is 1. The quantitative estimate of drug-likeness (QED) is 0.797. The SMILES string of the molecule is C=CCN(CC(=O)NC(C)(C)C)Cc1ccccc1. The molecule has 0 fully saturated rings. The first kappa shape index (κ1) is 15.4. The predicted octanol–water partition coefficient (Wildman–Crippen LogP) is 2.59. The zero-order valence-corrected chi connectivity index (χ0v) is 12.1. The Bertz CT molecular complexity index is 407. The highest BCUT2D eigenvalue weighted by Crippen LogP contribution is 2.05. The van der Waals surface area contributed by atoms with E-state index in [1.165, 1.54) is 5.56 Å². The molecule has 104 valence electrons. The first-order chi connectivity index (χ1) is 8.90. The van der Waals surface area contributed by atoms with E-state index < -0.39 is 0 Å². The number of carbonyl (C=O) groups is 1. The van der Waals surface area contributed by atoms with Crippen LogP contribution in [-0.4, -0.2) is 29.4 Å². The van der Waals surface area contributed by atoms with E-state index in [0.717, 1.165) is 6.54 Å². The number of hydrogen-bond acceptors (Lipinski definition) is 2. The minimum atomic E-state index is -0.191. The van der Waals surface area contributed by atoms with Crippen LogP contribution in [0.1, 0.15) is 26.3 Å². The molecule has 0 radical (unpaired) electrons. The summed E-state index contributed by atoms with van der Waals surface area (Å²) in [4.78, 5) is 14.0. The Kier molecular flexibility index (Phi) is 5.77. The fraction of sp³-hybridized carbons (Fsp3) is 0.438. The van der Waals surface area contributed by atoms with Gasteiger partial charge in [0.05, 0.1) is 6.54 Å². The van der Waals surface area contributed by atoms with E-state index >= 15 is 0 Å². The van der Waals surface area contributed by atoms with Crippen LogP contribution in [0, 0.1) is 0 Å². The molecule has 1 rings (SSSR count). The zero-order valence-electron chi connectivity index (χ0n) is 12.1. The minimum absolute atomic E-state index is 0.0466. The lowest BCUT2D eigenvalue weighted by molar-refractivity contribution is -0.123. The normalized spacial score (nSPS) is 11.4. The van der Waals surface area contributed by atoms with Gasteiger partial charge >= 0.3 is 0 Å². The van der Waals surface area contributed by atoms with Crippen LogP contribution in [0.4, 0.5) is 0 Å². The van der Waals surface area contributed by atoms with Crippen molar-refractivity contribution in [3.8, 4) is 0 Å². The van der Waals surface area contributed by atoms with Crippen molar-refractivity contribution >= 4 is 5.91 Å². The molecule has 0 saturated heterocycles. The van der Waals surface area contributed by atoms with Crippen LogP contribution in [0.25, 0.3) is 0 Å². The molecule has 1 aromatic carbocycles. The fourth-order valence-electron chi connectivity index (χ4n) is 1.87. The van der Waals surface area contributed by atoms with Gasteiger partial charge in [-0.3, -0.25) is 9.69 Å². The van der Waals surface area contributed by atoms with Gasteiger partial charge in [-0.2, -0.15) is 0 Å². The molecule has 0 aromatic heterocycles. The lowest BCUT2D eigenvalue weighted by Crippen LogP contribution is -2.45. The summed E-state index contributed by atoms with van der Waals surface area (Å²) >= 11 is 0. The highest BCUT2D eigenvalue weighted by molar-refractivity contribution is 5.78. The lowest BCUT2D eigenvalue weighted by atomic mass is 10.1. The summed E-state index contributed by atoms with van der Waals surface area (Å²) in [5, 5.41) is 2.98. The summed E-state index contributed by atoms with van der Waals surface area (Å²) in [7, 11) is 0. The van der Waals surface area contributed by atoms with E-state index in [-0.39, 0.29) is 11.4 Å². The molecule has 19 heavy (non-hydrogen) atoms. The van der Waals surface area contributed by atoms with Gasteiger partial charge in [0.1, 0.15) is 0 Å². The smallest absolute Gasteiger partial charge is 0.234 e. The molecule has 0 bridgehead atoms. The number of amides is 1. The molecule has 0 aliphatic rings. The third-order valence-electron chi connectivity index (χ3n) is 2.52. The van der Waals surface area contributed by atoms with E-state index in [4.69, 9.17) is 0 Å². The molecule has 0 aliphatic carbocycles. The van der Waals surface area contributed by atoms with Crippen molar-refractivity contribution in [2.24, 2.45) is 0 Å². The van der Waals surface area contributed by atoms with E-state index in [1.807, 2.05) is 45.0 Å². The molecule has 0 atom stereocenters. The molecule has 0 saturated carbocycles. The highest BCUT2D eigenvalue weighted by atomic mass is 16.2. The number of benzene rings is 1. The molecule has 0 unspecified atom stereocenters. The maximum absolute atomic E-state index is 11.9. The third kappa shape index (κ3) is 6.77. The second kappa shape index (κ2) is 7.10. The molecule has 3 heteroatoms. The van der Waals surface area contributed by atoms with Crippen LogP contribution >= 0.6 is 0 Å². The van der Waals surface area contributed by atoms with Crippen LogP contribution in [0.2, 0.25) is 0 Å². The van der Waals surface area contributed by atoms with E-state index in [9.17, 15) is 4.79 Å². The molecule has 1 N–H and O–H groups in total. The Morgan fingerprint density at radius 1 is 1.32 bits per heavy atom. The Labute approximate surface area is 116 Å². The number of carbonyl (C=O) groups excluding carboxylic acids is 1. The van der Waals surface area contributed by atoms with Crippen molar-refractivity contribution in [1.29, 1.82) is 0 Å². The van der Waals surface area contributed by atoms with E-state index in [2.05, 4.69) is 28.9 Å². The predicted molar refractivity (Wildman–Crippen MR) is 79.8 cm³/mol. The van der Waals surface area contributed by atoms with Gasteiger partial charge in [-0.25, -0.2) is 0 Å². The lowest BCUT2D eigenvalue weighted by Gasteiger charge is -2.25. The van der Waals surface area contributed by atoms with Gasteiger partial charge in [-0.1, -0.05) is 36.4 Å². The summed E-state index contributed by atoms with van der Waals surface area (Å²) in [6.07, 6.45) is 1.83. The molecular formula is C16H24N2O. The summed E-state index contributed by atoms with van der Waals surface area (Å²) < 4.78 is 0. The molecule has 0 spiro atoms. The van der Waals surface area contributed by atoms with Crippen LogP contribution in [0.5, 0.6) is 0 Å². The Balaban J connectivity index is 2.58.